The van der Waals surface area contributed by atoms with Crippen LogP contribution in [-0.4, -0.2) is 4.98 Å². The molecule has 0 saturated carbocycles. The molecule has 1 heteroatoms. The summed E-state index contributed by atoms with van der Waals surface area (Å²) < 4.78 is 0. The van der Waals surface area contributed by atoms with E-state index in [0.29, 0.717) is 5.92 Å². The third-order valence-corrected chi connectivity index (χ3v) is 3.81. The molecule has 0 aliphatic carbocycles. The number of hydrogen-bond donors (Lipinski definition) is 1. The fourth-order valence-electron chi connectivity index (χ4n) is 2.82. The lowest BCUT2D eigenvalue weighted by Gasteiger charge is -2.11. The second-order valence-corrected chi connectivity index (χ2v) is 5.25. The van der Waals surface area contributed by atoms with Crippen LogP contribution in [-0.2, 0) is 0 Å². The zero-order chi connectivity index (χ0) is 13.9. The largest absolute Gasteiger partial charge is 0.358 e. The van der Waals surface area contributed by atoms with Crippen LogP contribution in [0.15, 0.2) is 67.3 Å². The summed E-state index contributed by atoms with van der Waals surface area (Å²) >= 11 is 0. The molecule has 20 heavy (non-hydrogen) atoms. The number of benzene rings is 2. The average Bonchev–Trinajstić information content (AvgIpc) is 2.88. The minimum atomic E-state index is 0.440. The zero-order valence-corrected chi connectivity index (χ0v) is 11.8. The number of aromatic amines is 1. The number of allylic oxidation sites excluding steroid dienone is 1. The Kier molecular flexibility index (Phi) is 3.42. The van der Waals surface area contributed by atoms with Gasteiger partial charge in [-0.15, -0.1) is 6.58 Å². The van der Waals surface area contributed by atoms with Crippen molar-refractivity contribution in [3.63, 3.8) is 0 Å². The second kappa shape index (κ2) is 5.38. The highest BCUT2D eigenvalue weighted by molar-refractivity contribution is 5.97. The van der Waals surface area contributed by atoms with Crippen LogP contribution in [0.4, 0.5) is 0 Å². The topological polar surface area (TPSA) is 15.8 Å². The first-order valence-electron chi connectivity index (χ1n) is 7.08. The van der Waals surface area contributed by atoms with Crippen molar-refractivity contribution in [2.24, 2.45) is 0 Å². The van der Waals surface area contributed by atoms with E-state index in [1.165, 1.54) is 27.7 Å². The van der Waals surface area contributed by atoms with Gasteiger partial charge in [-0.25, -0.2) is 0 Å². The number of aromatic nitrogens is 1. The Bertz CT molecular complexity index is 722. The van der Waals surface area contributed by atoms with Crippen LogP contribution in [0, 0.1) is 0 Å². The number of para-hydroxylation sites is 1. The van der Waals surface area contributed by atoms with Gasteiger partial charge >= 0.3 is 0 Å². The number of fused-ring (bicyclic) bond motifs is 1. The molecule has 0 spiro atoms. The van der Waals surface area contributed by atoms with Crippen molar-refractivity contribution in [1.82, 2.24) is 4.98 Å². The smallest absolute Gasteiger partial charge is 0.0462 e. The Labute approximate surface area is 120 Å². The van der Waals surface area contributed by atoms with Crippen molar-refractivity contribution in [2.45, 2.75) is 19.3 Å². The first-order chi connectivity index (χ1) is 9.81. The molecular weight excluding hydrogens is 242 g/mol. The van der Waals surface area contributed by atoms with Gasteiger partial charge in [0, 0.05) is 28.1 Å². The van der Waals surface area contributed by atoms with Crippen molar-refractivity contribution in [3.05, 3.63) is 72.9 Å². The van der Waals surface area contributed by atoms with Crippen molar-refractivity contribution < 1.29 is 0 Å². The lowest BCUT2D eigenvalue weighted by molar-refractivity contribution is 0.761. The predicted molar refractivity (Wildman–Crippen MR) is 87.0 cm³/mol. The molecule has 0 aliphatic heterocycles. The van der Waals surface area contributed by atoms with E-state index in [1.807, 2.05) is 6.08 Å². The highest BCUT2D eigenvalue weighted by Gasteiger charge is 2.16. The Morgan fingerprint density at radius 1 is 1.05 bits per heavy atom. The van der Waals surface area contributed by atoms with Gasteiger partial charge in [0.1, 0.15) is 0 Å². The quantitative estimate of drug-likeness (QED) is 0.596. The predicted octanol–water partition coefficient (Wildman–Crippen LogP) is 5.51. The molecule has 0 radical (unpaired) electrons. The summed E-state index contributed by atoms with van der Waals surface area (Å²) in [5.74, 6) is 0.440. The standard InChI is InChI=1S/C19H19N/c1-3-9-14(2)19-18(15-10-5-4-6-11-15)16-12-7-8-13-17(16)20-19/h3-8,10-14,20H,1,9H2,2H3. The number of H-pyrrole nitrogens is 1. The number of rotatable bonds is 4. The van der Waals surface area contributed by atoms with Crippen LogP contribution in [0.3, 0.4) is 0 Å². The number of hydrogen-bond acceptors (Lipinski definition) is 0. The van der Waals surface area contributed by atoms with Gasteiger partial charge in [-0.2, -0.15) is 0 Å². The molecule has 3 rings (SSSR count). The summed E-state index contributed by atoms with van der Waals surface area (Å²) in [5, 5.41) is 1.30. The molecule has 1 aromatic heterocycles. The molecule has 0 bridgehead atoms. The van der Waals surface area contributed by atoms with Crippen molar-refractivity contribution in [2.75, 3.05) is 0 Å². The zero-order valence-electron chi connectivity index (χ0n) is 11.8. The van der Waals surface area contributed by atoms with Crippen LogP contribution in [0.1, 0.15) is 25.0 Å². The Balaban J connectivity index is 2.26. The first-order valence-corrected chi connectivity index (χ1v) is 7.08. The summed E-state index contributed by atoms with van der Waals surface area (Å²) in [7, 11) is 0. The van der Waals surface area contributed by atoms with E-state index in [1.54, 1.807) is 0 Å². The molecule has 0 saturated heterocycles. The van der Waals surface area contributed by atoms with E-state index in [2.05, 4.69) is 73.1 Å². The van der Waals surface area contributed by atoms with Gasteiger partial charge in [0.2, 0.25) is 0 Å². The highest BCUT2D eigenvalue weighted by Crippen LogP contribution is 2.37. The third kappa shape index (κ3) is 2.16. The summed E-state index contributed by atoms with van der Waals surface area (Å²) in [6, 6.07) is 19.1. The molecule has 2 aromatic carbocycles. The lowest BCUT2D eigenvalue weighted by atomic mass is 9.94. The van der Waals surface area contributed by atoms with E-state index < -0.39 is 0 Å². The van der Waals surface area contributed by atoms with Crippen LogP contribution in [0.25, 0.3) is 22.0 Å². The normalized spacial score (nSPS) is 12.4. The Morgan fingerprint density at radius 3 is 2.50 bits per heavy atom. The maximum atomic E-state index is 3.87. The fraction of sp³-hybridized carbons (Fsp3) is 0.158. The minimum Gasteiger partial charge on any atom is -0.358 e. The third-order valence-electron chi connectivity index (χ3n) is 3.81. The van der Waals surface area contributed by atoms with Gasteiger partial charge in [0.25, 0.3) is 0 Å². The van der Waals surface area contributed by atoms with Gasteiger partial charge in [0.15, 0.2) is 0 Å². The molecule has 0 fully saturated rings. The lowest BCUT2D eigenvalue weighted by Crippen LogP contribution is -1.94. The van der Waals surface area contributed by atoms with E-state index >= 15 is 0 Å². The van der Waals surface area contributed by atoms with E-state index in [9.17, 15) is 0 Å². The summed E-state index contributed by atoms with van der Waals surface area (Å²) in [5.41, 5.74) is 5.11. The second-order valence-electron chi connectivity index (χ2n) is 5.25. The SMILES string of the molecule is C=CCC(C)c1[nH]c2ccccc2c1-c1ccccc1. The molecule has 100 valence electrons. The minimum absolute atomic E-state index is 0.440. The average molecular weight is 261 g/mol. The summed E-state index contributed by atoms with van der Waals surface area (Å²) in [4.78, 5) is 3.60. The van der Waals surface area contributed by atoms with E-state index in [-0.39, 0.29) is 0 Å². The summed E-state index contributed by atoms with van der Waals surface area (Å²) in [6.45, 7) is 6.12. The van der Waals surface area contributed by atoms with Gasteiger partial charge < -0.3 is 4.98 Å². The molecular formula is C19H19N. The van der Waals surface area contributed by atoms with Crippen molar-refractivity contribution in [1.29, 1.82) is 0 Å². The number of nitrogens with one attached hydrogen (secondary N) is 1. The monoisotopic (exact) mass is 261 g/mol. The molecule has 1 atom stereocenters. The van der Waals surface area contributed by atoms with Crippen LogP contribution >= 0.6 is 0 Å². The van der Waals surface area contributed by atoms with Crippen molar-refractivity contribution >= 4 is 10.9 Å². The van der Waals surface area contributed by atoms with E-state index in [0.717, 1.165) is 6.42 Å². The Morgan fingerprint density at radius 2 is 1.75 bits per heavy atom. The van der Waals surface area contributed by atoms with Gasteiger partial charge in [-0.3, -0.25) is 0 Å². The highest BCUT2D eigenvalue weighted by atomic mass is 14.7. The molecule has 0 aliphatic rings. The molecule has 3 aromatic rings. The fourth-order valence-corrected chi connectivity index (χ4v) is 2.82. The summed E-state index contributed by atoms with van der Waals surface area (Å²) in [6.07, 6.45) is 2.97. The Hall–Kier alpha value is -2.28. The van der Waals surface area contributed by atoms with Gasteiger partial charge in [-0.1, -0.05) is 61.5 Å². The van der Waals surface area contributed by atoms with E-state index in [4.69, 9.17) is 0 Å². The first kappa shape index (κ1) is 12.7. The molecule has 1 unspecified atom stereocenters. The molecule has 0 amide bonds. The van der Waals surface area contributed by atoms with Gasteiger partial charge in [0.05, 0.1) is 0 Å². The molecule has 1 nitrogen and oxygen atoms in total. The van der Waals surface area contributed by atoms with Crippen LogP contribution < -0.4 is 0 Å². The van der Waals surface area contributed by atoms with Gasteiger partial charge in [-0.05, 0) is 18.1 Å². The molecule has 1 N–H and O–H groups in total. The van der Waals surface area contributed by atoms with Crippen molar-refractivity contribution in [3.8, 4) is 11.1 Å². The van der Waals surface area contributed by atoms with Crippen LogP contribution in [0.2, 0.25) is 0 Å². The maximum absolute atomic E-state index is 3.87. The molecule has 1 heterocycles. The van der Waals surface area contributed by atoms with Crippen LogP contribution in [0.5, 0.6) is 0 Å². The maximum Gasteiger partial charge on any atom is 0.0462 e.